The summed E-state index contributed by atoms with van der Waals surface area (Å²) >= 11 is 0. The Hall–Kier alpha value is -2.30. The highest BCUT2D eigenvalue weighted by atomic mass is 16.5. The maximum Gasteiger partial charge on any atom is 0.322 e. The molecular weight excluding hydrogens is 278 g/mol. The van der Waals surface area contributed by atoms with Crippen LogP contribution in [0, 0.1) is 0 Å². The number of hydrogen-bond donors (Lipinski definition) is 1. The lowest BCUT2D eigenvalue weighted by Gasteiger charge is -2.23. The molecule has 0 radical (unpaired) electrons. The lowest BCUT2D eigenvalue weighted by Crippen LogP contribution is -2.34. The van der Waals surface area contributed by atoms with Crippen LogP contribution in [-0.2, 0) is 0 Å². The molecule has 1 aromatic heterocycles. The highest BCUT2D eigenvalue weighted by Gasteiger charge is 2.33. The summed E-state index contributed by atoms with van der Waals surface area (Å²) < 4.78 is 5.47. The van der Waals surface area contributed by atoms with Gasteiger partial charge in [-0.1, -0.05) is 37.2 Å². The van der Waals surface area contributed by atoms with Gasteiger partial charge in [-0.05, 0) is 30.9 Å². The van der Waals surface area contributed by atoms with Crippen LogP contribution in [0.4, 0.5) is 10.5 Å². The van der Waals surface area contributed by atoms with Crippen molar-refractivity contribution >= 4 is 11.7 Å². The van der Waals surface area contributed by atoms with Crippen molar-refractivity contribution in [3.8, 4) is 0 Å². The van der Waals surface area contributed by atoms with Crippen LogP contribution in [0.3, 0.4) is 0 Å². The predicted octanol–water partition coefficient (Wildman–Crippen LogP) is 4.17. The van der Waals surface area contributed by atoms with Crippen LogP contribution in [0.15, 0.2) is 40.9 Å². The molecule has 1 aliphatic heterocycles. The van der Waals surface area contributed by atoms with E-state index in [0.29, 0.717) is 5.92 Å². The fourth-order valence-electron chi connectivity index (χ4n) is 2.76. The number of para-hydroxylation sites is 1. The Labute approximate surface area is 130 Å². The average Bonchev–Trinajstić information content (AvgIpc) is 3.17. The van der Waals surface area contributed by atoms with Crippen molar-refractivity contribution in [1.29, 1.82) is 0 Å². The second-order valence-electron chi connectivity index (χ2n) is 5.96. The van der Waals surface area contributed by atoms with Gasteiger partial charge in [-0.2, -0.15) is 0 Å². The Bertz CT molecular complexity index is 636. The minimum atomic E-state index is -0.0869. The Balaban J connectivity index is 1.73. The summed E-state index contributed by atoms with van der Waals surface area (Å²) in [7, 11) is 0. The van der Waals surface area contributed by atoms with E-state index < -0.39 is 0 Å². The number of carbonyl (C=O) groups excluding carboxylic acids is 1. The lowest BCUT2D eigenvalue weighted by atomic mass is 10.1. The molecule has 1 unspecified atom stereocenters. The van der Waals surface area contributed by atoms with Gasteiger partial charge in [0.15, 0.2) is 5.76 Å². The first-order valence-electron chi connectivity index (χ1n) is 7.74. The van der Waals surface area contributed by atoms with Crippen molar-refractivity contribution < 1.29 is 9.32 Å². The van der Waals surface area contributed by atoms with Crippen molar-refractivity contribution in [2.45, 2.75) is 38.6 Å². The summed E-state index contributed by atoms with van der Waals surface area (Å²) in [5.41, 5.74) is 1.74. The van der Waals surface area contributed by atoms with Crippen LogP contribution in [0.5, 0.6) is 0 Å². The third-order valence-corrected chi connectivity index (χ3v) is 4.01. The first kappa shape index (κ1) is 14.6. The molecule has 1 aliphatic rings. The SMILES string of the molecule is CC(C)c1cc(C2CCCN2C(=O)Nc2ccccc2)on1. The number of amides is 2. The van der Waals surface area contributed by atoms with Gasteiger partial charge in [0.05, 0.1) is 11.7 Å². The molecule has 2 aromatic rings. The van der Waals surface area contributed by atoms with Gasteiger partial charge in [-0.15, -0.1) is 0 Å². The first-order valence-corrected chi connectivity index (χ1v) is 7.74. The summed E-state index contributed by atoms with van der Waals surface area (Å²) in [5, 5.41) is 7.04. The maximum absolute atomic E-state index is 12.5. The molecule has 2 heterocycles. The number of anilines is 1. The summed E-state index contributed by atoms with van der Waals surface area (Å²) in [5.74, 6) is 1.11. The Morgan fingerprint density at radius 2 is 2.14 bits per heavy atom. The molecule has 5 heteroatoms. The molecule has 2 amide bonds. The monoisotopic (exact) mass is 299 g/mol. The number of nitrogens with zero attached hydrogens (tertiary/aromatic N) is 2. The Kier molecular flexibility index (Phi) is 4.13. The molecule has 0 spiro atoms. The second-order valence-corrected chi connectivity index (χ2v) is 5.96. The van der Waals surface area contributed by atoms with Crippen LogP contribution < -0.4 is 5.32 Å². The summed E-state index contributed by atoms with van der Waals surface area (Å²) in [6, 6.07) is 11.4. The van der Waals surface area contributed by atoms with Crippen LogP contribution >= 0.6 is 0 Å². The molecule has 1 fully saturated rings. The van der Waals surface area contributed by atoms with Gasteiger partial charge in [0.2, 0.25) is 0 Å². The minimum Gasteiger partial charge on any atom is -0.359 e. The zero-order valence-electron chi connectivity index (χ0n) is 13.0. The number of carbonyl (C=O) groups is 1. The van der Waals surface area contributed by atoms with Crippen molar-refractivity contribution in [2.75, 3.05) is 11.9 Å². The molecule has 5 nitrogen and oxygen atoms in total. The topological polar surface area (TPSA) is 58.4 Å². The van der Waals surface area contributed by atoms with Gasteiger partial charge in [0.25, 0.3) is 0 Å². The standard InChI is InChI=1S/C17H21N3O2/c1-12(2)14-11-16(22-19-14)15-9-6-10-20(15)17(21)18-13-7-4-3-5-8-13/h3-5,7-8,11-12,15H,6,9-10H2,1-2H3,(H,18,21). The quantitative estimate of drug-likeness (QED) is 0.925. The Morgan fingerprint density at radius 3 is 2.82 bits per heavy atom. The summed E-state index contributed by atoms with van der Waals surface area (Å²) in [6.45, 7) is 4.90. The van der Waals surface area contributed by atoms with Gasteiger partial charge < -0.3 is 14.7 Å². The molecule has 1 saturated heterocycles. The highest BCUT2D eigenvalue weighted by Crippen LogP contribution is 2.33. The number of hydrogen-bond acceptors (Lipinski definition) is 3. The molecule has 1 aromatic carbocycles. The average molecular weight is 299 g/mol. The number of urea groups is 1. The van der Waals surface area contributed by atoms with Gasteiger partial charge in [0, 0.05) is 18.3 Å². The predicted molar refractivity (Wildman–Crippen MR) is 84.7 cm³/mol. The van der Waals surface area contributed by atoms with Crippen molar-refractivity contribution in [1.82, 2.24) is 10.1 Å². The molecule has 22 heavy (non-hydrogen) atoms. The van der Waals surface area contributed by atoms with Gasteiger partial charge in [-0.25, -0.2) is 4.79 Å². The molecule has 0 saturated carbocycles. The van der Waals surface area contributed by atoms with E-state index in [4.69, 9.17) is 4.52 Å². The van der Waals surface area contributed by atoms with E-state index in [9.17, 15) is 4.79 Å². The smallest absolute Gasteiger partial charge is 0.322 e. The number of nitrogens with one attached hydrogen (secondary N) is 1. The third-order valence-electron chi connectivity index (χ3n) is 4.01. The maximum atomic E-state index is 12.5. The normalized spacial score (nSPS) is 18.0. The Morgan fingerprint density at radius 1 is 1.36 bits per heavy atom. The van der Waals surface area contributed by atoms with Crippen LogP contribution in [0.1, 0.15) is 50.1 Å². The fourth-order valence-corrected chi connectivity index (χ4v) is 2.76. The van der Waals surface area contributed by atoms with Crippen LogP contribution in [0.2, 0.25) is 0 Å². The van der Waals surface area contributed by atoms with E-state index in [0.717, 1.165) is 36.5 Å². The van der Waals surface area contributed by atoms with Crippen LogP contribution in [0.25, 0.3) is 0 Å². The van der Waals surface area contributed by atoms with Gasteiger partial charge in [-0.3, -0.25) is 0 Å². The van der Waals surface area contributed by atoms with Crippen molar-refractivity contribution in [2.24, 2.45) is 0 Å². The number of likely N-dealkylation sites (tertiary alicyclic amines) is 1. The van der Waals surface area contributed by atoms with Crippen LogP contribution in [-0.4, -0.2) is 22.6 Å². The second kappa shape index (κ2) is 6.22. The molecular formula is C17H21N3O2. The number of benzene rings is 1. The van der Waals surface area contributed by atoms with E-state index in [-0.39, 0.29) is 12.1 Å². The van der Waals surface area contributed by atoms with E-state index in [1.54, 1.807) is 0 Å². The largest absolute Gasteiger partial charge is 0.359 e. The molecule has 0 bridgehead atoms. The third kappa shape index (κ3) is 2.98. The van der Waals surface area contributed by atoms with E-state index >= 15 is 0 Å². The van der Waals surface area contributed by atoms with E-state index in [2.05, 4.69) is 24.3 Å². The zero-order valence-corrected chi connectivity index (χ0v) is 13.0. The molecule has 1 N–H and O–H groups in total. The van der Waals surface area contributed by atoms with Crippen molar-refractivity contribution in [3.63, 3.8) is 0 Å². The molecule has 0 aliphatic carbocycles. The van der Waals surface area contributed by atoms with Gasteiger partial charge in [0.1, 0.15) is 0 Å². The molecule has 1 atom stereocenters. The zero-order chi connectivity index (χ0) is 15.5. The van der Waals surface area contributed by atoms with Crippen molar-refractivity contribution in [3.05, 3.63) is 47.9 Å². The number of aromatic nitrogens is 1. The number of rotatable bonds is 3. The van der Waals surface area contributed by atoms with E-state index in [1.165, 1.54) is 0 Å². The lowest BCUT2D eigenvalue weighted by molar-refractivity contribution is 0.195. The summed E-state index contributed by atoms with van der Waals surface area (Å²) in [4.78, 5) is 14.3. The fraction of sp³-hybridized carbons (Fsp3) is 0.412. The highest BCUT2D eigenvalue weighted by molar-refractivity contribution is 5.89. The molecule has 116 valence electrons. The molecule has 3 rings (SSSR count). The first-order chi connectivity index (χ1) is 10.6. The van der Waals surface area contributed by atoms with Gasteiger partial charge >= 0.3 is 6.03 Å². The summed E-state index contributed by atoms with van der Waals surface area (Å²) in [6.07, 6.45) is 1.89. The van der Waals surface area contributed by atoms with E-state index in [1.807, 2.05) is 41.3 Å². The minimum absolute atomic E-state index is 0.0243.